The van der Waals surface area contributed by atoms with E-state index in [2.05, 4.69) is 21.2 Å². The topological polar surface area (TPSA) is 80.2 Å². The van der Waals surface area contributed by atoms with Crippen molar-refractivity contribution in [1.29, 1.82) is 0 Å². The van der Waals surface area contributed by atoms with Crippen LogP contribution in [0.25, 0.3) is 11.1 Å². The first kappa shape index (κ1) is 32.2. The number of nitrogens with one attached hydrogen (secondary N) is 1. The van der Waals surface area contributed by atoms with E-state index in [-0.39, 0.29) is 25.5 Å². The van der Waals surface area contributed by atoms with Crippen molar-refractivity contribution in [2.75, 3.05) is 13.2 Å². The predicted molar refractivity (Wildman–Crippen MR) is 185 cm³/mol. The first-order chi connectivity index (χ1) is 23.0. The number of halogens is 2. The average Bonchev–Trinajstić information content (AvgIpc) is 3.50. The Morgan fingerprint density at radius 3 is 2.17 bits per heavy atom. The fourth-order valence-corrected chi connectivity index (χ4v) is 6.09. The molecule has 238 valence electrons. The number of hydrogen-bond donors (Lipinski definition) is 2. The van der Waals surface area contributed by atoms with Gasteiger partial charge >= 0.3 is 0 Å². The lowest BCUT2D eigenvalue weighted by Gasteiger charge is -2.31. The summed E-state index contributed by atoms with van der Waals surface area (Å²) in [7, 11) is 0. The molecule has 0 spiro atoms. The van der Waals surface area contributed by atoms with Crippen LogP contribution in [0.15, 0.2) is 137 Å². The molecule has 0 fully saturated rings. The fraction of sp³-hybridized carbons (Fsp3) is 0.179. The Balaban J connectivity index is 1.42. The second-order valence-electron chi connectivity index (χ2n) is 11.3. The molecule has 1 amide bonds. The maximum atomic E-state index is 14.6. The SMILES string of the molecule is O=C(NCc1ccccc1F)[C@]1(Cc2ccccc2Br)N=C(c2ccc(OCCCO)cc2)O[C@@H]1c1ccc(-c2ccccc2)cc1. The van der Waals surface area contributed by atoms with Gasteiger partial charge in [0.05, 0.1) is 6.61 Å². The molecule has 6 rings (SSSR count). The second kappa shape index (κ2) is 14.8. The zero-order chi connectivity index (χ0) is 32.6. The quantitative estimate of drug-likeness (QED) is 0.131. The van der Waals surface area contributed by atoms with Crippen LogP contribution in [-0.4, -0.2) is 35.7 Å². The van der Waals surface area contributed by atoms with Gasteiger partial charge < -0.3 is 19.9 Å². The number of ether oxygens (including phenoxy) is 2. The molecule has 0 aromatic heterocycles. The third-order valence-electron chi connectivity index (χ3n) is 8.17. The highest BCUT2D eigenvalue weighted by molar-refractivity contribution is 9.10. The minimum absolute atomic E-state index is 0.00634. The molecule has 1 aliphatic heterocycles. The van der Waals surface area contributed by atoms with Crippen molar-refractivity contribution in [2.24, 2.45) is 4.99 Å². The van der Waals surface area contributed by atoms with Crippen molar-refractivity contribution in [3.8, 4) is 16.9 Å². The fourth-order valence-electron chi connectivity index (χ4n) is 5.67. The Labute approximate surface area is 282 Å². The van der Waals surface area contributed by atoms with E-state index in [1.54, 1.807) is 18.2 Å². The molecular formula is C39H34BrFN2O4. The molecule has 0 radical (unpaired) electrons. The first-order valence-corrected chi connectivity index (χ1v) is 16.3. The zero-order valence-electron chi connectivity index (χ0n) is 25.6. The largest absolute Gasteiger partial charge is 0.494 e. The number of aliphatic imine (C=N–C) groups is 1. The van der Waals surface area contributed by atoms with Crippen LogP contribution in [0.4, 0.5) is 4.39 Å². The first-order valence-electron chi connectivity index (χ1n) is 15.5. The van der Waals surface area contributed by atoms with E-state index >= 15 is 0 Å². The smallest absolute Gasteiger partial charge is 0.252 e. The summed E-state index contributed by atoms with van der Waals surface area (Å²) in [6.45, 7) is 0.439. The van der Waals surface area contributed by atoms with Crippen LogP contribution in [-0.2, 0) is 22.5 Å². The molecule has 6 nitrogen and oxygen atoms in total. The zero-order valence-corrected chi connectivity index (χ0v) is 27.2. The molecule has 5 aromatic rings. The highest BCUT2D eigenvalue weighted by atomic mass is 79.9. The van der Waals surface area contributed by atoms with Gasteiger partial charge in [-0.15, -0.1) is 0 Å². The number of benzene rings is 5. The van der Waals surface area contributed by atoms with Crippen LogP contribution in [0.1, 0.15) is 34.8 Å². The van der Waals surface area contributed by atoms with Crippen LogP contribution in [0.3, 0.4) is 0 Å². The molecule has 0 saturated heterocycles. The summed E-state index contributed by atoms with van der Waals surface area (Å²) in [5, 5.41) is 12.1. The number of amides is 1. The highest BCUT2D eigenvalue weighted by Crippen LogP contribution is 2.44. The van der Waals surface area contributed by atoms with Crippen molar-refractivity contribution in [3.63, 3.8) is 0 Å². The van der Waals surface area contributed by atoms with E-state index in [4.69, 9.17) is 19.6 Å². The van der Waals surface area contributed by atoms with Gasteiger partial charge in [-0.3, -0.25) is 4.79 Å². The Kier molecular flexibility index (Phi) is 10.1. The molecular weight excluding hydrogens is 659 g/mol. The molecule has 0 saturated carbocycles. The summed E-state index contributed by atoms with van der Waals surface area (Å²) in [5.41, 5.74) is 3.38. The molecule has 1 aliphatic rings. The standard InChI is InChI=1S/C39H34BrFN2O4/c40-34-13-6-4-11-31(34)25-39(38(45)42-26-32-12-5-7-14-35(32)41)36(29-17-15-28(16-18-29)27-9-2-1-3-10-27)47-37(43-39)30-19-21-33(22-20-30)46-24-8-23-44/h1-7,9-22,36,44H,8,23-26H2,(H,42,45)/t36-,39-/m1/s1. The van der Waals surface area contributed by atoms with Gasteiger partial charge in [0.15, 0.2) is 11.6 Å². The molecule has 0 bridgehead atoms. The lowest BCUT2D eigenvalue weighted by atomic mass is 9.81. The van der Waals surface area contributed by atoms with Gasteiger partial charge in [0.25, 0.3) is 5.91 Å². The molecule has 5 aromatic carbocycles. The van der Waals surface area contributed by atoms with Gasteiger partial charge in [-0.1, -0.05) is 107 Å². The van der Waals surface area contributed by atoms with Crippen LogP contribution >= 0.6 is 15.9 Å². The summed E-state index contributed by atoms with van der Waals surface area (Å²) in [6.07, 6.45) is -0.0494. The third-order valence-corrected chi connectivity index (χ3v) is 8.94. The maximum absolute atomic E-state index is 14.6. The number of aliphatic hydroxyl groups is 1. The van der Waals surface area contributed by atoms with E-state index in [0.717, 1.165) is 26.7 Å². The Bertz CT molecular complexity index is 1850. The Hall–Kier alpha value is -4.79. The molecule has 0 unspecified atom stereocenters. The van der Waals surface area contributed by atoms with Crippen LogP contribution in [0, 0.1) is 5.82 Å². The second-order valence-corrected chi connectivity index (χ2v) is 12.2. The number of rotatable bonds is 12. The Morgan fingerprint density at radius 1 is 0.830 bits per heavy atom. The molecule has 1 heterocycles. The van der Waals surface area contributed by atoms with Crippen molar-refractivity contribution >= 4 is 27.7 Å². The molecule has 2 N–H and O–H groups in total. The summed E-state index contributed by atoms with van der Waals surface area (Å²) in [6, 6.07) is 39.5. The van der Waals surface area contributed by atoms with Crippen molar-refractivity contribution < 1.29 is 23.8 Å². The van der Waals surface area contributed by atoms with E-state index in [1.807, 2.05) is 103 Å². The monoisotopic (exact) mass is 692 g/mol. The van der Waals surface area contributed by atoms with E-state index in [0.29, 0.717) is 35.8 Å². The van der Waals surface area contributed by atoms with Gasteiger partial charge in [-0.25, -0.2) is 9.38 Å². The van der Waals surface area contributed by atoms with Gasteiger partial charge in [0.2, 0.25) is 5.90 Å². The summed E-state index contributed by atoms with van der Waals surface area (Å²) >= 11 is 3.67. The number of nitrogens with zero attached hydrogens (tertiary/aromatic N) is 1. The van der Waals surface area contributed by atoms with Crippen molar-refractivity contribution in [2.45, 2.75) is 31.0 Å². The normalized spacial score (nSPS) is 17.1. The lowest BCUT2D eigenvalue weighted by Crippen LogP contribution is -2.49. The van der Waals surface area contributed by atoms with Crippen molar-refractivity contribution in [3.05, 3.63) is 160 Å². The highest BCUT2D eigenvalue weighted by Gasteiger charge is 2.53. The number of carbonyl (C=O) groups excluding carboxylic acids is 1. The van der Waals surface area contributed by atoms with Gasteiger partial charge in [-0.05, 0) is 58.7 Å². The van der Waals surface area contributed by atoms with Gasteiger partial charge in [-0.2, -0.15) is 0 Å². The molecule has 8 heteroatoms. The average molecular weight is 694 g/mol. The minimum Gasteiger partial charge on any atom is -0.494 e. The third kappa shape index (κ3) is 7.29. The molecule has 2 atom stereocenters. The van der Waals surface area contributed by atoms with E-state index in [1.165, 1.54) is 6.07 Å². The van der Waals surface area contributed by atoms with Crippen LogP contribution in [0.2, 0.25) is 0 Å². The summed E-state index contributed by atoms with van der Waals surface area (Å²) in [5.74, 6) is 0.189. The lowest BCUT2D eigenvalue weighted by molar-refractivity contribution is -0.129. The van der Waals surface area contributed by atoms with Gasteiger partial charge in [0.1, 0.15) is 11.6 Å². The van der Waals surface area contributed by atoms with Crippen LogP contribution < -0.4 is 10.1 Å². The predicted octanol–water partition coefficient (Wildman–Crippen LogP) is 7.83. The van der Waals surface area contributed by atoms with E-state index < -0.39 is 17.5 Å². The van der Waals surface area contributed by atoms with E-state index in [9.17, 15) is 9.18 Å². The van der Waals surface area contributed by atoms with Crippen molar-refractivity contribution in [1.82, 2.24) is 5.32 Å². The number of carbonyl (C=O) groups is 1. The number of aliphatic hydroxyl groups excluding tert-OH is 1. The summed E-state index contributed by atoms with van der Waals surface area (Å²) < 4.78 is 27.8. The number of hydrogen-bond acceptors (Lipinski definition) is 5. The van der Waals surface area contributed by atoms with Gasteiger partial charge in [0, 0.05) is 41.6 Å². The molecule has 0 aliphatic carbocycles. The van der Waals surface area contributed by atoms with Crippen LogP contribution in [0.5, 0.6) is 5.75 Å². The maximum Gasteiger partial charge on any atom is 0.252 e. The minimum atomic E-state index is -1.44. The Morgan fingerprint density at radius 2 is 1.47 bits per heavy atom. The summed E-state index contributed by atoms with van der Waals surface area (Å²) in [4.78, 5) is 19.6. The molecule has 47 heavy (non-hydrogen) atoms.